The van der Waals surface area contributed by atoms with Gasteiger partial charge in [0.05, 0.1) is 11.3 Å². The summed E-state index contributed by atoms with van der Waals surface area (Å²) >= 11 is 0. The van der Waals surface area contributed by atoms with Crippen molar-refractivity contribution in [3.05, 3.63) is 66.0 Å². The molecule has 0 unspecified atom stereocenters. The van der Waals surface area contributed by atoms with Gasteiger partial charge in [-0.1, -0.05) is 30.3 Å². The summed E-state index contributed by atoms with van der Waals surface area (Å²) in [6.45, 7) is 4.87. The topological polar surface area (TPSA) is 67.4 Å². The van der Waals surface area contributed by atoms with Crippen LogP contribution in [0.2, 0.25) is 0 Å². The Labute approximate surface area is 170 Å². The molecule has 0 fully saturated rings. The summed E-state index contributed by atoms with van der Waals surface area (Å²) in [4.78, 5) is 24.0. The molecule has 2 N–H and O–H groups in total. The van der Waals surface area contributed by atoms with Gasteiger partial charge in [-0.25, -0.2) is 9.18 Å². The third-order valence-electron chi connectivity index (χ3n) is 3.54. The van der Waals surface area contributed by atoms with Gasteiger partial charge in [-0.05, 0) is 44.5 Å². The molecule has 0 heterocycles. The summed E-state index contributed by atoms with van der Waals surface area (Å²) in [5, 5.41) is 4.42. The third-order valence-corrected chi connectivity index (χ3v) is 3.54. The third kappa shape index (κ3) is 6.91. The molecule has 0 aromatic heterocycles. The van der Waals surface area contributed by atoms with Crippen LogP contribution in [0.3, 0.4) is 0 Å². The van der Waals surface area contributed by atoms with Crippen LogP contribution in [0, 0.1) is 5.82 Å². The average Bonchev–Trinajstić information content (AvgIpc) is 2.61. The number of hydrogen-bond acceptors (Lipinski definition) is 3. The van der Waals surface area contributed by atoms with Crippen LogP contribution in [-0.4, -0.2) is 23.8 Å². The molecule has 2 amide bonds. The molecule has 30 heavy (non-hydrogen) atoms. The molecule has 0 spiro atoms. The lowest BCUT2D eigenvalue weighted by atomic mass is 10.1. The van der Waals surface area contributed by atoms with Crippen molar-refractivity contribution in [2.24, 2.45) is 0 Å². The minimum absolute atomic E-state index is 0.0155. The number of benzene rings is 2. The number of carbonyl (C=O) groups excluding carboxylic acids is 2. The molecule has 5 nitrogen and oxygen atoms in total. The Balaban J connectivity index is 2.22. The fourth-order valence-electron chi connectivity index (χ4n) is 2.37. The molecule has 0 aliphatic heterocycles. The van der Waals surface area contributed by atoms with E-state index in [1.54, 1.807) is 26.8 Å². The van der Waals surface area contributed by atoms with Crippen LogP contribution in [0.15, 0.2) is 54.6 Å². The Kier molecular flexibility index (Phi) is 6.86. The minimum atomic E-state index is -4.76. The first kappa shape index (κ1) is 22.9. The summed E-state index contributed by atoms with van der Waals surface area (Å²) in [5.41, 5.74) is -2.44. The van der Waals surface area contributed by atoms with Gasteiger partial charge in [0, 0.05) is 11.8 Å². The van der Waals surface area contributed by atoms with Crippen LogP contribution in [0.4, 0.5) is 33.7 Å². The number of rotatable bonds is 4. The predicted octanol–water partition coefficient (Wildman–Crippen LogP) is 5.76. The number of amides is 2. The van der Waals surface area contributed by atoms with Gasteiger partial charge < -0.3 is 10.1 Å². The van der Waals surface area contributed by atoms with Gasteiger partial charge in [0.15, 0.2) is 0 Å². The van der Waals surface area contributed by atoms with Crippen molar-refractivity contribution in [1.29, 1.82) is 0 Å². The highest BCUT2D eigenvalue weighted by atomic mass is 19.4. The van der Waals surface area contributed by atoms with Crippen LogP contribution in [0.1, 0.15) is 26.3 Å². The van der Waals surface area contributed by atoms with Gasteiger partial charge in [0.2, 0.25) is 5.91 Å². The van der Waals surface area contributed by atoms with E-state index in [1.165, 1.54) is 24.3 Å². The number of anilines is 2. The summed E-state index contributed by atoms with van der Waals surface area (Å²) < 4.78 is 59.0. The van der Waals surface area contributed by atoms with Crippen molar-refractivity contribution >= 4 is 28.9 Å². The molecule has 0 aliphatic carbocycles. The molecule has 2 aromatic rings. The lowest BCUT2D eigenvalue weighted by Gasteiger charge is -2.20. The molecule has 2 aromatic carbocycles. The second-order valence-electron chi connectivity index (χ2n) is 7.23. The first-order valence-electron chi connectivity index (χ1n) is 8.80. The molecule has 0 atom stereocenters. The minimum Gasteiger partial charge on any atom is -0.444 e. The number of nitrogens with one attached hydrogen (secondary N) is 2. The molecular formula is C21H20F4N2O3. The maximum absolute atomic E-state index is 13.9. The summed E-state index contributed by atoms with van der Waals surface area (Å²) in [6, 6.07) is 10.0. The highest BCUT2D eigenvalue weighted by molar-refractivity contribution is 6.05. The Hall–Kier alpha value is -3.36. The molecule has 0 saturated carbocycles. The normalized spacial score (nSPS) is 12.3. The first-order chi connectivity index (χ1) is 13.8. The van der Waals surface area contributed by atoms with Gasteiger partial charge >= 0.3 is 12.3 Å². The van der Waals surface area contributed by atoms with Crippen molar-refractivity contribution in [3.63, 3.8) is 0 Å². The van der Waals surface area contributed by atoms with Gasteiger partial charge in [-0.2, -0.15) is 13.2 Å². The van der Waals surface area contributed by atoms with Crippen molar-refractivity contribution in [2.45, 2.75) is 32.5 Å². The summed E-state index contributed by atoms with van der Waals surface area (Å²) in [6.07, 6.45) is -5.27. The molecule has 0 aliphatic rings. The van der Waals surface area contributed by atoms with Gasteiger partial charge in [-0.3, -0.25) is 10.1 Å². The van der Waals surface area contributed by atoms with Crippen molar-refractivity contribution < 1.29 is 31.9 Å². The van der Waals surface area contributed by atoms with Crippen LogP contribution < -0.4 is 10.6 Å². The predicted molar refractivity (Wildman–Crippen MR) is 105 cm³/mol. The second kappa shape index (κ2) is 8.98. The molecule has 2 rings (SSSR count). The van der Waals surface area contributed by atoms with Crippen molar-refractivity contribution in [3.8, 4) is 0 Å². The Morgan fingerprint density at radius 2 is 1.60 bits per heavy atom. The zero-order valence-corrected chi connectivity index (χ0v) is 16.4. The summed E-state index contributed by atoms with van der Waals surface area (Å²) in [7, 11) is 0. The summed E-state index contributed by atoms with van der Waals surface area (Å²) in [5.74, 6) is -1.88. The highest BCUT2D eigenvalue weighted by Gasteiger charge is 2.35. The standard InChI is InChI=1S/C21H20F4N2O3/c1-20(2,3)30-19(29)27-17-11-14(9-10-16(17)22)26-18(28)12-15(21(23,24)25)13-7-5-4-6-8-13/h4-12H,1-3H3,(H,26,28)(H,27,29)/b15-12-. The Bertz CT molecular complexity index is 949. The lowest BCUT2D eigenvalue weighted by molar-refractivity contribution is -0.112. The zero-order chi connectivity index (χ0) is 22.5. The molecular weight excluding hydrogens is 404 g/mol. The van der Waals surface area contributed by atoms with E-state index in [9.17, 15) is 27.2 Å². The number of carbonyl (C=O) groups is 2. The van der Waals surface area contributed by atoms with E-state index in [4.69, 9.17) is 4.74 Å². The number of allylic oxidation sites excluding steroid dienone is 1. The molecule has 0 bridgehead atoms. The van der Waals surface area contributed by atoms with Gasteiger partial charge in [0.25, 0.3) is 0 Å². The molecule has 160 valence electrons. The first-order valence-corrected chi connectivity index (χ1v) is 8.80. The maximum atomic E-state index is 13.9. The van der Waals surface area contributed by atoms with E-state index < -0.39 is 35.2 Å². The van der Waals surface area contributed by atoms with Crippen LogP contribution in [-0.2, 0) is 9.53 Å². The van der Waals surface area contributed by atoms with E-state index in [0.717, 1.165) is 18.2 Å². The SMILES string of the molecule is CC(C)(C)OC(=O)Nc1cc(NC(=O)/C=C(/c2ccccc2)C(F)(F)F)ccc1F. The highest BCUT2D eigenvalue weighted by Crippen LogP contribution is 2.33. The van der Waals surface area contributed by atoms with E-state index in [1.807, 2.05) is 0 Å². The molecule has 0 saturated heterocycles. The van der Waals surface area contributed by atoms with Gasteiger partial charge in [0.1, 0.15) is 11.4 Å². The quantitative estimate of drug-likeness (QED) is 0.485. The van der Waals surface area contributed by atoms with E-state index in [0.29, 0.717) is 6.08 Å². The van der Waals surface area contributed by atoms with Gasteiger partial charge in [-0.15, -0.1) is 0 Å². The maximum Gasteiger partial charge on any atom is 0.417 e. The van der Waals surface area contributed by atoms with Crippen LogP contribution in [0.5, 0.6) is 0 Å². The number of halogens is 4. The fourth-order valence-corrected chi connectivity index (χ4v) is 2.37. The average molecular weight is 424 g/mol. The smallest absolute Gasteiger partial charge is 0.417 e. The fraction of sp³-hybridized carbons (Fsp3) is 0.238. The van der Waals surface area contributed by atoms with Crippen LogP contribution >= 0.6 is 0 Å². The van der Waals surface area contributed by atoms with Crippen LogP contribution in [0.25, 0.3) is 5.57 Å². The second-order valence-corrected chi connectivity index (χ2v) is 7.23. The zero-order valence-electron chi connectivity index (χ0n) is 16.4. The van der Waals surface area contributed by atoms with Crippen molar-refractivity contribution in [2.75, 3.05) is 10.6 Å². The van der Waals surface area contributed by atoms with E-state index in [2.05, 4.69) is 10.6 Å². The molecule has 0 radical (unpaired) electrons. The number of ether oxygens (including phenoxy) is 1. The largest absolute Gasteiger partial charge is 0.444 e. The van der Waals surface area contributed by atoms with Crippen molar-refractivity contribution in [1.82, 2.24) is 0 Å². The Morgan fingerprint density at radius 3 is 2.17 bits per heavy atom. The number of hydrogen-bond donors (Lipinski definition) is 2. The van der Waals surface area contributed by atoms with E-state index >= 15 is 0 Å². The molecule has 9 heteroatoms. The Morgan fingerprint density at radius 1 is 0.967 bits per heavy atom. The monoisotopic (exact) mass is 424 g/mol. The number of alkyl halides is 3. The lowest BCUT2D eigenvalue weighted by Crippen LogP contribution is -2.27. The van der Waals surface area contributed by atoms with E-state index in [-0.39, 0.29) is 16.9 Å².